The molecule has 2 rings (SSSR count). The van der Waals surface area contributed by atoms with Crippen LogP contribution in [-0.4, -0.2) is 12.2 Å². The summed E-state index contributed by atoms with van der Waals surface area (Å²) in [7, 11) is 0. The van der Waals surface area contributed by atoms with Gasteiger partial charge < -0.3 is 15.2 Å². The predicted octanol–water partition coefficient (Wildman–Crippen LogP) is 4.54. The van der Waals surface area contributed by atoms with Gasteiger partial charge in [-0.15, -0.1) is 0 Å². The van der Waals surface area contributed by atoms with Crippen molar-refractivity contribution in [1.82, 2.24) is 0 Å². The molecule has 21 heavy (non-hydrogen) atoms. The average molecular weight is 295 g/mol. The molecule has 0 atom stereocenters. The molecular formula is C17H26FNO2. The minimum absolute atomic E-state index is 0.0912. The Morgan fingerprint density at radius 1 is 1.19 bits per heavy atom. The molecule has 0 aliphatic heterocycles. The van der Waals surface area contributed by atoms with Crippen LogP contribution in [0.4, 0.5) is 10.1 Å². The molecule has 0 heterocycles. The first-order valence-electron chi connectivity index (χ1n) is 7.69. The smallest absolute Gasteiger partial charge is 0.167 e. The standard InChI is InChI=1S/C17H26FNO2/c1-11(2)20-15-10-16(14(19)9-13(15)18)21-12-5-7-17(3,4)8-6-12/h9-12H,5-8,19H2,1-4H3. The van der Waals surface area contributed by atoms with Crippen LogP contribution in [0.1, 0.15) is 53.4 Å². The van der Waals surface area contributed by atoms with E-state index in [4.69, 9.17) is 15.2 Å². The summed E-state index contributed by atoms with van der Waals surface area (Å²) < 4.78 is 25.2. The molecular weight excluding hydrogens is 269 g/mol. The van der Waals surface area contributed by atoms with E-state index in [-0.39, 0.29) is 18.0 Å². The maximum Gasteiger partial charge on any atom is 0.167 e. The number of hydrogen-bond donors (Lipinski definition) is 1. The molecule has 1 aliphatic rings. The van der Waals surface area contributed by atoms with Gasteiger partial charge in [-0.05, 0) is 44.9 Å². The first-order valence-corrected chi connectivity index (χ1v) is 7.69. The van der Waals surface area contributed by atoms with Gasteiger partial charge in [0.05, 0.1) is 17.9 Å². The average Bonchev–Trinajstić information content (AvgIpc) is 2.37. The van der Waals surface area contributed by atoms with E-state index in [1.54, 1.807) is 6.07 Å². The Morgan fingerprint density at radius 2 is 1.81 bits per heavy atom. The maximum atomic E-state index is 13.8. The fourth-order valence-corrected chi connectivity index (χ4v) is 2.67. The van der Waals surface area contributed by atoms with Crippen molar-refractivity contribution in [3.05, 3.63) is 17.9 Å². The number of benzene rings is 1. The molecule has 0 unspecified atom stereocenters. The van der Waals surface area contributed by atoms with Gasteiger partial charge in [0.2, 0.25) is 0 Å². The number of ether oxygens (including phenoxy) is 2. The molecule has 0 saturated heterocycles. The Bertz CT molecular complexity index is 490. The first kappa shape index (κ1) is 15.9. The molecule has 1 aromatic rings. The van der Waals surface area contributed by atoms with E-state index in [9.17, 15) is 4.39 Å². The second kappa shape index (κ2) is 6.12. The summed E-state index contributed by atoms with van der Waals surface area (Å²) in [4.78, 5) is 0. The number of hydrogen-bond acceptors (Lipinski definition) is 3. The largest absolute Gasteiger partial charge is 0.488 e. The highest BCUT2D eigenvalue weighted by Gasteiger charge is 2.28. The Hall–Kier alpha value is -1.45. The molecule has 3 nitrogen and oxygen atoms in total. The Kier molecular flexibility index (Phi) is 4.64. The zero-order valence-corrected chi connectivity index (χ0v) is 13.4. The maximum absolute atomic E-state index is 13.8. The molecule has 0 bridgehead atoms. The van der Waals surface area contributed by atoms with Crippen molar-refractivity contribution in [3.63, 3.8) is 0 Å². The van der Waals surface area contributed by atoms with Gasteiger partial charge in [-0.1, -0.05) is 13.8 Å². The van der Waals surface area contributed by atoms with Crippen molar-refractivity contribution in [2.75, 3.05) is 5.73 Å². The fourth-order valence-electron chi connectivity index (χ4n) is 2.67. The third-order valence-electron chi connectivity index (χ3n) is 4.01. The molecule has 1 saturated carbocycles. The lowest BCUT2D eigenvalue weighted by molar-refractivity contribution is 0.0988. The predicted molar refractivity (Wildman–Crippen MR) is 83.2 cm³/mol. The molecule has 1 aromatic carbocycles. The minimum Gasteiger partial charge on any atom is -0.488 e. The van der Waals surface area contributed by atoms with E-state index in [0.29, 0.717) is 16.9 Å². The highest BCUT2D eigenvalue weighted by molar-refractivity contribution is 5.56. The Labute approximate surface area is 126 Å². The van der Waals surface area contributed by atoms with Crippen molar-refractivity contribution in [2.24, 2.45) is 5.41 Å². The van der Waals surface area contributed by atoms with Gasteiger partial charge in [-0.3, -0.25) is 0 Å². The summed E-state index contributed by atoms with van der Waals surface area (Å²) in [5.74, 6) is 0.278. The van der Waals surface area contributed by atoms with Gasteiger partial charge in [0.1, 0.15) is 5.75 Å². The van der Waals surface area contributed by atoms with Gasteiger partial charge in [-0.25, -0.2) is 4.39 Å². The zero-order valence-electron chi connectivity index (χ0n) is 13.4. The van der Waals surface area contributed by atoms with Crippen LogP contribution in [0, 0.1) is 11.2 Å². The molecule has 0 amide bonds. The lowest BCUT2D eigenvalue weighted by atomic mass is 9.76. The third-order valence-corrected chi connectivity index (χ3v) is 4.01. The summed E-state index contributed by atoms with van der Waals surface area (Å²) in [5.41, 5.74) is 6.59. The van der Waals surface area contributed by atoms with Crippen LogP contribution < -0.4 is 15.2 Å². The molecule has 1 fully saturated rings. The first-order chi connectivity index (χ1) is 9.77. The summed E-state index contributed by atoms with van der Waals surface area (Å²) >= 11 is 0. The van der Waals surface area contributed by atoms with Crippen LogP contribution in [0.3, 0.4) is 0 Å². The van der Waals surface area contributed by atoms with Crippen LogP contribution in [0.2, 0.25) is 0 Å². The lowest BCUT2D eigenvalue weighted by Gasteiger charge is -2.34. The van der Waals surface area contributed by atoms with E-state index >= 15 is 0 Å². The molecule has 0 radical (unpaired) electrons. The van der Waals surface area contributed by atoms with Crippen LogP contribution in [0.15, 0.2) is 12.1 Å². The van der Waals surface area contributed by atoms with Crippen molar-refractivity contribution >= 4 is 5.69 Å². The van der Waals surface area contributed by atoms with E-state index in [2.05, 4.69) is 13.8 Å². The highest BCUT2D eigenvalue weighted by atomic mass is 19.1. The molecule has 1 aliphatic carbocycles. The minimum atomic E-state index is -0.446. The Morgan fingerprint density at radius 3 is 2.38 bits per heavy atom. The number of anilines is 1. The number of rotatable bonds is 4. The quantitative estimate of drug-likeness (QED) is 0.829. The second-order valence-corrected chi connectivity index (χ2v) is 6.97. The topological polar surface area (TPSA) is 44.5 Å². The van der Waals surface area contributed by atoms with Crippen molar-refractivity contribution in [1.29, 1.82) is 0 Å². The highest BCUT2D eigenvalue weighted by Crippen LogP contribution is 2.38. The fraction of sp³-hybridized carbons (Fsp3) is 0.647. The third kappa shape index (κ3) is 4.26. The van der Waals surface area contributed by atoms with E-state index in [1.807, 2.05) is 13.8 Å². The van der Waals surface area contributed by atoms with E-state index in [1.165, 1.54) is 6.07 Å². The zero-order chi connectivity index (χ0) is 15.6. The summed E-state index contributed by atoms with van der Waals surface area (Å²) in [6.45, 7) is 8.28. The number of halogens is 1. The molecule has 118 valence electrons. The van der Waals surface area contributed by atoms with E-state index in [0.717, 1.165) is 25.7 Å². The van der Waals surface area contributed by atoms with Gasteiger partial charge in [0.15, 0.2) is 11.6 Å². The lowest BCUT2D eigenvalue weighted by Crippen LogP contribution is -2.28. The van der Waals surface area contributed by atoms with Crippen molar-refractivity contribution in [2.45, 2.75) is 65.6 Å². The van der Waals surface area contributed by atoms with Gasteiger partial charge in [0.25, 0.3) is 0 Å². The SMILES string of the molecule is CC(C)Oc1cc(OC2CCC(C)(C)CC2)c(N)cc1F. The number of nitrogen functional groups attached to an aromatic ring is 1. The van der Waals surface area contributed by atoms with Crippen LogP contribution >= 0.6 is 0 Å². The number of nitrogens with two attached hydrogens (primary N) is 1. The van der Waals surface area contributed by atoms with Crippen LogP contribution in [0.5, 0.6) is 11.5 Å². The van der Waals surface area contributed by atoms with E-state index < -0.39 is 5.82 Å². The second-order valence-electron chi connectivity index (χ2n) is 6.97. The molecule has 0 aromatic heterocycles. The monoisotopic (exact) mass is 295 g/mol. The molecule has 2 N–H and O–H groups in total. The van der Waals surface area contributed by atoms with Gasteiger partial charge >= 0.3 is 0 Å². The van der Waals surface area contributed by atoms with Crippen molar-refractivity contribution in [3.8, 4) is 11.5 Å². The summed E-state index contributed by atoms with van der Waals surface area (Å²) in [5, 5.41) is 0. The summed E-state index contributed by atoms with van der Waals surface area (Å²) in [6.07, 6.45) is 4.33. The van der Waals surface area contributed by atoms with Crippen molar-refractivity contribution < 1.29 is 13.9 Å². The van der Waals surface area contributed by atoms with Gasteiger partial charge in [0, 0.05) is 12.1 Å². The van der Waals surface area contributed by atoms with Gasteiger partial charge in [-0.2, -0.15) is 0 Å². The van der Waals surface area contributed by atoms with Crippen LogP contribution in [0.25, 0.3) is 0 Å². The molecule has 4 heteroatoms. The summed E-state index contributed by atoms with van der Waals surface area (Å²) in [6, 6.07) is 2.85. The van der Waals surface area contributed by atoms with Crippen LogP contribution in [-0.2, 0) is 0 Å². The Balaban J connectivity index is 2.09. The molecule has 0 spiro atoms. The normalized spacial score (nSPS) is 18.8.